The van der Waals surface area contributed by atoms with Crippen LogP contribution < -0.4 is 0 Å². The van der Waals surface area contributed by atoms with Gasteiger partial charge in [-0.1, -0.05) is 35.3 Å². The van der Waals surface area contributed by atoms with Crippen molar-refractivity contribution in [1.82, 2.24) is 0 Å². The number of hydrogen-bond acceptors (Lipinski definition) is 1. The average molecular weight is 193 g/mol. The lowest BCUT2D eigenvalue weighted by molar-refractivity contribution is 1.43. The van der Waals surface area contributed by atoms with E-state index in [-0.39, 0.29) is 0 Å². The van der Waals surface area contributed by atoms with Gasteiger partial charge < -0.3 is 0 Å². The van der Waals surface area contributed by atoms with Gasteiger partial charge in [-0.3, -0.25) is 0 Å². The molecule has 0 spiro atoms. The maximum atomic E-state index is 5.81. The Labute approximate surface area is 75.6 Å². The summed E-state index contributed by atoms with van der Waals surface area (Å²) in [6.07, 6.45) is 0. The molecule has 0 N–H and O–H groups in total. The van der Waals surface area contributed by atoms with Gasteiger partial charge in [0, 0.05) is 5.75 Å². The van der Waals surface area contributed by atoms with Crippen molar-refractivity contribution < 1.29 is 0 Å². The Morgan fingerprint density at radius 2 is 2.00 bits per heavy atom. The van der Waals surface area contributed by atoms with E-state index in [1.54, 1.807) is 6.07 Å². The lowest BCUT2D eigenvalue weighted by Gasteiger charge is -1.99. The fourth-order valence-electron chi connectivity index (χ4n) is 0.671. The van der Waals surface area contributed by atoms with Crippen molar-refractivity contribution in [3.8, 4) is 0 Å². The van der Waals surface area contributed by atoms with E-state index in [4.69, 9.17) is 23.2 Å². The summed E-state index contributed by atoms with van der Waals surface area (Å²) in [5.74, 6) is 0.624. The first-order chi connectivity index (χ1) is 4.75. The molecule has 54 valence electrons. The molecule has 0 radical (unpaired) electrons. The van der Waals surface area contributed by atoms with Gasteiger partial charge >= 0.3 is 0 Å². The molecule has 3 heteroatoms. The highest BCUT2D eigenvalue weighted by Gasteiger charge is 2.00. The van der Waals surface area contributed by atoms with Crippen LogP contribution in [0.2, 0.25) is 10.0 Å². The fourth-order valence-corrected chi connectivity index (χ4v) is 1.41. The second kappa shape index (κ2) is 3.51. The molecule has 0 atom stereocenters. The van der Waals surface area contributed by atoms with Crippen molar-refractivity contribution in [2.24, 2.45) is 0 Å². The van der Waals surface area contributed by atoms with Crippen molar-refractivity contribution in [3.63, 3.8) is 0 Å². The zero-order chi connectivity index (χ0) is 7.56. The van der Waals surface area contributed by atoms with Crippen LogP contribution in [-0.4, -0.2) is 0 Å². The first-order valence-electron chi connectivity index (χ1n) is 2.79. The van der Waals surface area contributed by atoms with Gasteiger partial charge in [0.15, 0.2) is 0 Å². The lowest BCUT2D eigenvalue weighted by Crippen LogP contribution is -1.79. The summed E-state index contributed by atoms with van der Waals surface area (Å²) in [7, 11) is 0. The van der Waals surface area contributed by atoms with Crippen molar-refractivity contribution >= 4 is 35.8 Å². The smallest absolute Gasteiger partial charge is 0.0632 e. The molecule has 0 unspecified atom stereocenters. The molecule has 10 heavy (non-hydrogen) atoms. The summed E-state index contributed by atoms with van der Waals surface area (Å²) >= 11 is 15.6. The molecule has 0 nitrogen and oxygen atoms in total. The number of thiol groups is 1. The molecule has 1 rings (SSSR count). The van der Waals surface area contributed by atoms with Gasteiger partial charge in [-0.05, 0) is 11.6 Å². The Bertz CT molecular complexity index is 235. The molecule has 0 saturated carbocycles. The predicted molar refractivity (Wildman–Crippen MR) is 49.2 cm³/mol. The Balaban J connectivity index is 3.14. The summed E-state index contributed by atoms with van der Waals surface area (Å²) in [6.45, 7) is 0. The van der Waals surface area contributed by atoms with Crippen LogP contribution in [0, 0.1) is 0 Å². The van der Waals surface area contributed by atoms with E-state index in [1.807, 2.05) is 12.1 Å². The molecule has 0 aliphatic rings. The van der Waals surface area contributed by atoms with Crippen molar-refractivity contribution in [2.45, 2.75) is 5.75 Å². The normalized spacial score (nSPS) is 9.90. The Kier molecular flexibility index (Phi) is 2.90. The Hall–Kier alpha value is 0.150. The van der Waals surface area contributed by atoms with Crippen LogP contribution in [0.25, 0.3) is 0 Å². The third-order valence-corrected chi connectivity index (χ3v) is 2.40. The monoisotopic (exact) mass is 192 g/mol. The van der Waals surface area contributed by atoms with Crippen LogP contribution in [0.1, 0.15) is 5.56 Å². The largest absolute Gasteiger partial charge is 0.174 e. The average Bonchev–Trinajstić information content (AvgIpc) is 1.95. The van der Waals surface area contributed by atoms with Crippen LogP contribution in [0.15, 0.2) is 18.2 Å². The molecule has 0 heterocycles. The number of benzene rings is 1. The van der Waals surface area contributed by atoms with E-state index in [1.165, 1.54) is 0 Å². The first kappa shape index (κ1) is 8.25. The molecule has 0 fully saturated rings. The van der Waals surface area contributed by atoms with Gasteiger partial charge in [0.2, 0.25) is 0 Å². The zero-order valence-electron chi connectivity index (χ0n) is 5.14. The molecular formula is C7H6Cl2S. The summed E-state index contributed by atoms with van der Waals surface area (Å²) in [4.78, 5) is 0. The Morgan fingerprint density at radius 3 is 2.50 bits per heavy atom. The molecule has 1 aromatic rings. The maximum absolute atomic E-state index is 5.81. The first-order valence-corrected chi connectivity index (χ1v) is 4.18. The lowest BCUT2D eigenvalue weighted by atomic mass is 10.2. The van der Waals surface area contributed by atoms with E-state index in [2.05, 4.69) is 12.6 Å². The highest BCUT2D eigenvalue weighted by molar-refractivity contribution is 7.79. The minimum absolute atomic E-state index is 0.591. The number of halogens is 2. The molecule has 0 bridgehead atoms. The maximum Gasteiger partial charge on any atom is 0.0632 e. The number of rotatable bonds is 1. The van der Waals surface area contributed by atoms with Gasteiger partial charge in [-0.15, -0.1) is 0 Å². The van der Waals surface area contributed by atoms with E-state index >= 15 is 0 Å². The van der Waals surface area contributed by atoms with Gasteiger partial charge in [-0.25, -0.2) is 0 Å². The summed E-state index contributed by atoms with van der Waals surface area (Å²) in [5.41, 5.74) is 0.970. The van der Waals surface area contributed by atoms with Crippen molar-refractivity contribution in [1.29, 1.82) is 0 Å². The number of hydrogen-bond donors (Lipinski definition) is 1. The fraction of sp³-hybridized carbons (Fsp3) is 0.143. The standard InChI is InChI=1S/C7H6Cl2S/c8-6-3-1-2-5(4-10)7(6)9/h1-3,10H,4H2. The quantitative estimate of drug-likeness (QED) is 0.649. The second-order valence-corrected chi connectivity index (χ2v) is 2.97. The van der Waals surface area contributed by atoms with Crippen molar-refractivity contribution in [2.75, 3.05) is 0 Å². The van der Waals surface area contributed by atoms with Gasteiger partial charge in [-0.2, -0.15) is 12.6 Å². The third-order valence-electron chi connectivity index (χ3n) is 1.20. The molecular weight excluding hydrogens is 187 g/mol. The van der Waals surface area contributed by atoms with Crippen LogP contribution >= 0.6 is 35.8 Å². The van der Waals surface area contributed by atoms with Gasteiger partial charge in [0.25, 0.3) is 0 Å². The molecule has 0 aliphatic carbocycles. The molecule has 1 aromatic carbocycles. The zero-order valence-corrected chi connectivity index (χ0v) is 7.55. The molecule has 0 amide bonds. The molecule has 0 saturated heterocycles. The minimum Gasteiger partial charge on any atom is -0.174 e. The third kappa shape index (κ3) is 1.60. The molecule has 0 aromatic heterocycles. The van der Waals surface area contributed by atoms with E-state index in [0.717, 1.165) is 5.56 Å². The van der Waals surface area contributed by atoms with Crippen molar-refractivity contribution in [3.05, 3.63) is 33.8 Å². The van der Waals surface area contributed by atoms with Crippen LogP contribution in [0.5, 0.6) is 0 Å². The van der Waals surface area contributed by atoms with Gasteiger partial charge in [0.1, 0.15) is 0 Å². The highest BCUT2D eigenvalue weighted by atomic mass is 35.5. The predicted octanol–water partition coefficient (Wildman–Crippen LogP) is 3.42. The Morgan fingerprint density at radius 1 is 1.30 bits per heavy atom. The second-order valence-electron chi connectivity index (χ2n) is 1.87. The SMILES string of the molecule is SCc1cccc(Cl)c1Cl. The van der Waals surface area contributed by atoms with Crippen LogP contribution in [-0.2, 0) is 5.75 Å². The summed E-state index contributed by atoms with van der Waals surface area (Å²) in [6, 6.07) is 5.53. The van der Waals surface area contributed by atoms with E-state index in [9.17, 15) is 0 Å². The highest BCUT2D eigenvalue weighted by Crippen LogP contribution is 2.26. The van der Waals surface area contributed by atoms with E-state index < -0.39 is 0 Å². The summed E-state index contributed by atoms with van der Waals surface area (Å²) in [5, 5.41) is 1.20. The molecule has 0 aliphatic heterocycles. The topological polar surface area (TPSA) is 0 Å². The summed E-state index contributed by atoms with van der Waals surface area (Å²) < 4.78 is 0. The van der Waals surface area contributed by atoms with Crippen LogP contribution in [0.4, 0.5) is 0 Å². The van der Waals surface area contributed by atoms with Gasteiger partial charge in [0.05, 0.1) is 10.0 Å². The minimum atomic E-state index is 0.591. The van der Waals surface area contributed by atoms with Crippen LogP contribution in [0.3, 0.4) is 0 Å². The van der Waals surface area contributed by atoms with E-state index in [0.29, 0.717) is 15.8 Å².